The van der Waals surface area contributed by atoms with Gasteiger partial charge in [-0.05, 0) is 58.8 Å². The Balaban J connectivity index is 1.61. The first kappa shape index (κ1) is 24.8. The van der Waals surface area contributed by atoms with Crippen LogP contribution in [0.15, 0.2) is 84.4 Å². The van der Waals surface area contributed by atoms with E-state index in [1.54, 1.807) is 24.3 Å². The Bertz CT molecular complexity index is 1530. The number of hydrogen-bond acceptors (Lipinski definition) is 5. The van der Waals surface area contributed by atoms with Crippen molar-refractivity contribution in [2.24, 2.45) is 0 Å². The lowest BCUT2D eigenvalue weighted by molar-refractivity contribution is -0.112. The Labute approximate surface area is 217 Å². The summed E-state index contributed by atoms with van der Waals surface area (Å²) in [6.07, 6.45) is 1.37. The smallest absolute Gasteiger partial charge is 0.344 e. The van der Waals surface area contributed by atoms with Gasteiger partial charge in [0.1, 0.15) is 11.6 Å². The fraction of sp³-hybridized carbons (Fsp3) is 0.0357. The third-order valence-electron chi connectivity index (χ3n) is 5.20. The normalized spacial score (nSPS) is 11.0. The summed E-state index contributed by atoms with van der Waals surface area (Å²) in [5.41, 5.74) is 1.02. The molecule has 0 saturated carbocycles. The Morgan fingerprint density at radius 1 is 0.917 bits per heavy atom. The van der Waals surface area contributed by atoms with E-state index in [2.05, 4.69) is 5.32 Å². The zero-order valence-electron chi connectivity index (χ0n) is 18.9. The molecule has 0 unspecified atom stereocenters. The van der Waals surface area contributed by atoms with Gasteiger partial charge in [0.15, 0.2) is 11.5 Å². The molecule has 1 amide bonds. The third-order valence-corrected chi connectivity index (χ3v) is 5.63. The minimum atomic E-state index is -0.652. The van der Waals surface area contributed by atoms with Gasteiger partial charge in [-0.2, -0.15) is 5.26 Å². The number of ether oxygens (including phenoxy) is 2. The summed E-state index contributed by atoms with van der Waals surface area (Å²) in [4.78, 5) is 25.7. The second-order valence-corrected chi connectivity index (χ2v) is 8.48. The Morgan fingerprint density at radius 3 is 2.36 bits per heavy atom. The maximum absolute atomic E-state index is 13.0. The molecule has 36 heavy (non-hydrogen) atoms. The van der Waals surface area contributed by atoms with Gasteiger partial charge in [-0.15, -0.1) is 0 Å². The SMILES string of the molecule is COc1ccc(C=C(C#N)C(=O)Nc2cc(Cl)cc(Cl)c2)cc1OC(=O)c1cccc2ccccc12. The van der Waals surface area contributed by atoms with E-state index in [-0.39, 0.29) is 11.3 Å². The summed E-state index contributed by atoms with van der Waals surface area (Å²) in [5.74, 6) is -0.760. The van der Waals surface area contributed by atoms with Crippen molar-refractivity contribution in [3.8, 4) is 17.6 Å². The molecule has 4 aromatic carbocycles. The summed E-state index contributed by atoms with van der Waals surface area (Å²) in [7, 11) is 1.45. The molecule has 0 aliphatic carbocycles. The van der Waals surface area contributed by atoms with E-state index in [4.69, 9.17) is 32.7 Å². The number of hydrogen-bond donors (Lipinski definition) is 1. The van der Waals surface area contributed by atoms with Crippen molar-refractivity contribution >= 4 is 57.6 Å². The van der Waals surface area contributed by atoms with Gasteiger partial charge in [0.25, 0.3) is 5.91 Å². The van der Waals surface area contributed by atoms with Crippen LogP contribution in [0.3, 0.4) is 0 Å². The number of nitrogens with one attached hydrogen (secondary N) is 1. The van der Waals surface area contributed by atoms with Crippen molar-refractivity contribution in [3.05, 3.63) is 106 Å². The third kappa shape index (κ3) is 5.66. The van der Waals surface area contributed by atoms with E-state index in [1.165, 1.54) is 37.5 Å². The number of carbonyl (C=O) groups excluding carboxylic acids is 2. The number of amides is 1. The van der Waals surface area contributed by atoms with Crippen LogP contribution >= 0.6 is 23.2 Å². The van der Waals surface area contributed by atoms with Crippen molar-refractivity contribution in [1.82, 2.24) is 0 Å². The molecule has 178 valence electrons. The van der Waals surface area contributed by atoms with Gasteiger partial charge in [-0.3, -0.25) is 4.79 Å². The first-order chi connectivity index (χ1) is 17.4. The molecule has 0 bridgehead atoms. The topological polar surface area (TPSA) is 88.4 Å². The molecule has 8 heteroatoms. The highest BCUT2D eigenvalue weighted by Gasteiger charge is 2.16. The van der Waals surface area contributed by atoms with E-state index in [0.29, 0.717) is 32.6 Å². The van der Waals surface area contributed by atoms with Crippen LogP contribution in [0, 0.1) is 11.3 Å². The van der Waals surface area contributed by atoms with Crippen LogP contribution in [-0.2, 0) is 4.79 Å². The van der Waals surface area contributed by atoms with Gasteiger partial charge in [0.2, 0.25) is 0 Å². The maximum Gasteiger partial charge on any atom is 0.344 e. The first-order valence-electron chi connectivity index (χ1n) is 10.6. The number of fused-ring (bicyclic) bond motifs is 1. The first-order valence-corrected chi connectivity index (χ1v) is 11.4. The fourth-order valence-electron chi connectivity index (χ4n) is 3.56. The van der Waals surface area contributed by atoms with Gasteiger partial charge in [-0.25, -0.2) is 4.79 Å². The standard InChI is InChI=1S/C28H18Cl2N2O4/c1-35-25-10-9-17(11-19(16-31)27(33)32-22-14-20(29)13-21(30)15-22)12-26(25)36-28(34)24-8-4-6-18-5-2-3-7-23(18)24/h2-15H,1H3,(H,32,33). The molecule has 1 N–H and O–H groups in total. The largest absolute Gasteiger partial charge is 0.493 e. The monoisotopic (exact) mass is 516 g/mol. The number of rotatable bonds is 6. The molecule has 4 aromatic rings. The number of nitrogens with zero attached hydrogens (tertiary/aromatic N) is 1. The van der Waals surface area contributed by atoms with Crippen LogP contribution in [0.4, 0.5) is 5.69 Å². The van der Waals surface area contributed by atoms with E-state index < -0.39 is 11.9 Å². The van der Waals surface area contributed by atoms with Crippen molar-refractivity contribution in [1.29, 1.82) is 5.26 Å². The fourth-order valence-corrected chi connectivity index (χ4v) is 4.09. The number of nitriles is 1. The highest BCUT2D eigenvalue weighted by molar-refractivity contribution is 6.35. The predicted molar refractivity (Wildman–Crippen MR) is 141 cm³/mol. The number of esters is 1. The molecule has 0 spiro atoms. The summed E-state index contributed by atoms with van der Waals surface area (Å²) in [6.45, 7) is 0. The van der Waals surface area contributed by atoms with E-state index >= 15 is 0 Å². The van der Waals surface area contributed by atoms with Crippen LogP contribution in [0.5, 0.6) is 11.5 Å². The maximum atomic E-state index is 13.0. The highest BCUT2D eigenvalue weighted by Crippen LogP contribution is 2.31. The molecular formula is C28H18Cl2N2O4. The van der Waals surface area contributed by atoms with E-state index in [0.717, 1.165) is 10.8 Å². The Morgan fingerprint density at radius 2 is 1.64 bits per heavy atom. The second-order valence-electron chi connectivity index (χ2n) is 7.61. The Hall–Kier alpha value is -4.31. The second kappa shape index (κ2) is 11.0. The minimum absolute atomic E-state index is 0.142. The molecule has 0 saturated heterocycles. The molecule has 0 atom stereocenters. The molecule has 4 rings (SSSR count). The van der Waals surface area contributed by atoms with Crippen LogP contribution in [0.2, 0.25) is 10.0 Å². The van der Waals surface area contributed by atoms with Crippen molar-refractivity contribution in [3.63, 3.8) is 0 Å². The van der Waals surface area contributed by atoms with Gasteiger partial charge in [-0.1, -0.05) is 65.7 Å². The molecule has 0 aliphatic heterocycles. The molecule has 0 heterocycles. The summed E-state index contributed by atoms with van der Waals surface area (Å²) in [5, 5.41) is 14.5. The lowest BCUT2D eigenvalue weighted by Gasteiger charge is -2.11. The van der Waals surface area contributed by atoms with Crippen molar-refractivity contribution in [2.75, 3.05) is 12.4 Å². The molecule has 0 fully saturated rings. The lowest BCUT2D eigenvalue weighted by atomic mass is 10.0. The van der Waals surface area contributed by atoms with Gasteiger partial charge >= 0.3 is 5.97 Å². The van der Waals surface area contributed by atoms with Gasteiger partial charge < -0.3 is 14.8 Å². The summed E-state index contributed by atoms with van der Waals surface area (Å²) in [6, 6.07) is 24.0. The van der Waals surface area contributed by atoms with Gasteiger partial charge in [0, 0.05) is 15.7 Å². The number of methoxy groups -OCH3 is 1. The lowest BCUT2D eigenvalue weighted by Crippen LogP contribution is -2.13. The number of halogens is 2. The average Bonchev–Trinajstić information content (AvgIpc) is 2.86. The van der Waals surface area contributed by atoms with Crippen LogP contribution in [0.1, 0.15) is 15.9 Å². The zero-order valence-corrected chi connectivity index (χ0v) is 20.4. The van der Waals surface area contributed by atoms with Crippen molar-refractivity contribution < 1.29 is 19.1 Å². The van der Waals surface area contributed by atoms with Gasteiger partial charge in [0.05, 0.1) is 12.7 Å². The molecular weight excluding hydrogens is 499 g/mol. The molecule has 6 nitrogen and oxygen atoms in total. The molecule has 0 aromatic heterocycles. The van der Waals surface area contributed by atoms with Crippen LogP contribution in [-0.4, -0.2) is 19.0 Å². The predicted octanol–water partition coefficient (Wildman–Crippen LogP) is 6.92. The minimum Gasteiger partial charge on any atom is -0.493 e. The molecule has 0 aliphatic rings. The Kier molecular flexibility index (Phi) is 7.55. The summed E-state index contributed by atoms with van der Waals surface area (Å²) >= 11 is 11.9. The number of carbonyl (C=O) groups is 2. The number of anilines is 1. The number of benzene rings is 4. The van der Waals surface area contributed by atoms with E-state index in [9.17, 15) is 14.9 Å². The summed E-state index contributed by atoms with van der Waals surface area (Å²) < 4.78 is 11.0. The zero-order chi connectivity index (χ0) is 25.7. The van der Waals surface area contributed by atoms with E-state index in [1.807, 2.05) is 36.4 Å². The average molecular weight is 517 g/mol. The van der Waals surface area contributed by atoms with Crippen LogP contribution in [0.25, 0.3) is 16.8 Å². The quantitative estimate of drug-likeness (QED) is 0.130. The van der Waals surface area contributed by atoms with Crippen molar-refractivity contribution in [2.45, 2.75) is 0 Å². The highest BCUT2D eigenvalue weighted by atomic mass is 35.5. The van der Waals surface area contributed by atoms with Crippen LogP contribution < -0.4 is 14.8 Å². The molecule has 0 radical (unpaired) electrons.